The minimum Gasteiger partial charge on any atom is -0.375 e. The summed E-state index contributed by atoms with van der Waals surface area (Å²) in [6.07, 6.45) is 1.67. The average Bonchev–Trinajstić information content (AvgIpc) is 2.33. The monoisotopic (exact) mass is 259 g/mol. The molecule has 0 radical (unpaired) electrons. The van der Waals surface area contributed by atoms with E-state index in [9.17, 15) is 4.39 Å². The van der Waals surface area contributed by atoms with E-state index < -0.39 is 0 Å². The summed E-state index contributed by atoms with van der Waals surface area (Å²) >= 11 is 5.79. The van der Waals surface area contributed by atoms with E-state index in [0.717, 1.165) is 12.8 Å². The molecule has 0 amide bonds. The van der Waals surface area contributed by atoms with Gasteiger partial charge < -0.3 is 10.5 Å². The molecule has 0 aliphatic rings. The molecule has 0 fully saturated rings. The molecule has 2 N–H and O–H groups in total. The van der Waals surface area contributed by atoms with Crippen molar-refractivity contribution in [2.75, 3.05) is 6.61 Å². The molecule has 1 aromatic carbocycles. The summed E-state index contributed by atoms with van der Waals surface area (Å²) in [5, 5.41) is 0.509. The van der Waals surface area contributed by atoms with Crippen molar-refractivity contribution in [3.63, 3.8) is 0 Å². The highest BCUT2D eigenvalue weighted by molar-refractivity contribution is 6.30. The number of halogens is 2. The first kappa shape index (κ1) is 14.4. The van der Waals surface area contributed by atoms with Crippen molar-refractivity contribution >= 4 is 11.6 Å². The summed E-state index contributed by atoms with van der Waals surface area (Å²) in [5.74, 6) is -0.301. The number of benzene rings is 1. The third-order valence-corrected chi connectivity index (χ3v) is 3.30. The number of ether oxygens (including phenoxy) is 1. The molecule has 0 spiro atoms. The van der Waals surface area contributed by atoms with Crippen molar-refractivity contribution in [1.29, 1.82) is 0 Å². The fourth-order valence-electron chi connectivity index (χ4n) is 1.47. The van der Waals surface area contributed by atoms with Crippen LogP contribution in [0.3, 0.4) is 0 Å². The Morgan fingerprint density at radius 2 is 2.00 bits per heavy atom. The van der Waals surface area contributed by atoms with E-state index in [-0.39, 0.29) is 18.0 Å². The summed E-state index contributed by atoms with van der Waals surface area (Å²) < 4.78 is 18.9. The van der Waals surface area contributed by atoms with E-state index in [1.54, 1.807) is 6.07 Å². The highest BCUT2D eigenvalue weighted by atomic mass is 35.5. The Labute approximate surface area is 107 Å². The molecule has 0 heterocycles. The fourth-order valence-corrected chi connectivity index (χ4v) is 1.67. The molecule has 0 saturated carbocycles. The summed E-state index contributed by atoms with van der Waals surface area (Å²) in [5.41, 5.74) is 6.22. The lowest BCUT2D eigenvalue weighted by Gasteiger charge is -2.26. The second-order valence-corrected chi connectivity index (χ2v) is 4.73. The predicted octanol–water partition coefficient (Wildman–Crippen LogP) is 3.51. The van der Waals surface area contributed by atoms with Gasteiger partial charge in [0.05, 0.1) is 13.2 Å². The van der Waals surface area contributed by atoms with E-state index in [0.29, 0.717) is 17.2 Å². The van der Waals surface area contributed by atoms with Crippen LogP contribution in [0.1, 0.15) is 32.3 Å². The minimum atomic E-state index is -0.324. The predicted molar refractivity (Wildman–Crippen MR) is 68.6 cm³/mol. The first-order chi connectivity index (χ1) is 8.00. The molecule has 1 rings (SSSR count). The summed E-state index contributed by atoms with van der Waals surface area (Å²) in [4.78, 5) is 0. The van der Waals surface area contributed by atoms with Gasteiger partial charge in [0, 0.05) is 16.1 Å². The Morgan fingerprint density at radius 3 is 2.59 bits per heavy atom. The van der Waals surface area contributed by atoms with Gasteiger partial charge in [-0.1, -0.05) is 25.4 Å². The summed E-state index contributed by atoms with van der Waals surface area (Å²) in [6.45, 7) is 4.66. The molecule has 17 heavy (non-hydrogen) atoms. The van der Waals surface area contributed by atoms with Gasteiger partial charge in [-0.15, -0.1) is 0 Å². The zero-order chi connectivity index (χ0) is 12.9. The molecule has 0 saturated heterocycles. The van der Waals surface area contributed by atoms with Gasteiger partial charge in [0.25, 0.3) is 0 Å². The zero-order valence-corrected chi connectivity index (χ0v) is 11.1. The molecule has 0 aromatic heterocycles. The number of rotatable bonds is 6. The maximum atomic E-state index is 13.4. The van der Waals surface area contributed by atoms with Gasteiger partial charge in [-0.25, -0.2) is 4.39 Å². The van der Waals surface area contributed by atoms with Crippen molar-refractivity contribution in [2.45, 2.75) is 38.8 Å². The van der Waals surface area contributed by atoms with Gasteiger partial charge in [-0.3, -0.25) is 0 Å². The van der Waals surface area contributed by atoms with E-state index >= 15 is 0 Å². The van der Waals surface area contributed by atoms with Crippen molar-refractivity contribution in [3.05, 3.63) is 34.6 Å². The topological polar surface area (TPSA) is 35.2 Å². The van der Waals surface area contributed by atoms with E-state index in [4.69, 9.17) is 22.1 Å². The summed E-state index contributed by atoms with van der Waals surface area (Å²) in [7, 11) is 0. The van der Waals surface area contributed by atoms with Gasteiger partial charge in [0.2, 0.25) is 0 Å². The van der Waals surface area contributed by atoms with Gasteiger partial charge in [-0.2, -0.15) is 0 Å². The van der Waals surface area contributed by atoms with E-state index in [1.807, 2.05) is 13.8 Å². The van der Waals surface area contributed by atoms with Gasteiger partial charge in [0.1, 0.15) is 5.82 Å². The highest BCUT2D eigenvalue weighted by Gasteiger charge is 2.20. The molecule has 96 valence electrons. The SMILES string of the molecule is CCC(N)(CC)COCc1cc(Cl)ccc1F. The Balaban J connectivity index is 2.53. The lowest BCUT2D eigenvalue weighted by Crippen LogP contribution is -2.43. The lowest BCUT2D eigenvalue weighted by molar-refractivity contribution is 0.0680. The van der Waals surface area contributed by atoms with Gasteiger partial charge >= 0.3 is 0 Å². The Bertz CT molecular complexity index is 366. The quantitative estimate of drug-likeness (QED) is 0.849. The van der Waals surface area contributed by atoms with Crippen LogP contribution in [0.25, 0.3) is 0 Å². The van der Waals surface area contributed by atoms with Crippen LogP contribution in [0, 0.1) is 5.82 Å². The first-order valence-electron chi connectivity index (χ1n) is 5.81. The van der Waals surface area contributed by atoms with E-state index in [2.05, 4.69) is 0 Å². The maximum Gasteiger partial charge on any atom is 0.128 e. The molecule has 0 aliphatic heterocycles. The average molecular weight is 260 g/mol. The maximum absolute atomic E-state index is 13.4. The smallest absolute Gasteiger partial charge is 0.128 e. The Hall–Kier alpha value is -0.640. The molecule has 0 aliphatic carbocycles. The number of hydrogen-bond donors (Lipinski definition) is 1. The minimum absolute atomic E-state index is 0.200. The van der Waals surface area contributed by atoms with Crippen molar-refractivity contribution in [1.82, 2.24) is 0 Å². The first-order valence-corrected chi connectivity index (χ1v) is 6.19. The third kappa shape index (κ3) is 4.26. The molecule has 0 unspecified atom stereocenters. The third-order valence-electron chi connectivity index (χ3n) is 3.06. The molecule has 0 bridgehead atoms. The molecular formula is C13H19ClFNO. The molecular weight excluding hydrogens is 241 g/mol. The van der Waals surface area contributed by atoms with Crippen molar-refractivity contribution < 1.29 is 9.13 Å². The highest BCUT2D eigenvalue weighted by Crippen LogP contribution is 2.17. The van der Waals surface area contributed by atoms with Crippen LogP contribution in [-0.2, 0) is 11.3 Å². The number of hydrogen-bond acceptors (Lipinski definition) is 2. The normalized spacial score (nSPS) is 11.8. The van der Waals surface area contributed by atoms with Crippen molar-refractivity contribution in [2.24, 2.45) is 5.73 Å². The summed E-state index contributed by atoms with van der Waals surface area (Å²) in [6, 6.07) is 4.44. The lowest BCUT2D eigenvalue weighted by atomic mass is 9.96. The van der Waals surface area contributed by atoms with Crippen molar-refractivity contribution in [3.8, 4) is 0 Å². The molecule has 4 heteroatoms. The van der Waals surface area contributed by atoms with Crippen LogP contribution in [0.5, 0.6) is 0 Å². The molecule has 1 aromatic rings. The van der Waals surface area contributed by atoms with Crippen LogP contribution in [0.2, 0.25) is 5.02 Å². The Morgan fingerprint density at radius 1 is 1.35 bits per heavy atom. The van der Waals surface area contributed by atoms with Crippen LogP contribution in [0.4, 0.5) is 4.39 Å². The largest absolute Gasteiger partial charge is 0.375 e. The second-order valence-electron chi connectivity index (χ2n) is 4.30. The van der Waals surface area contributed by atoms with Crippen LogP contribution >= 0.6 is 11.6 Å². The van der Waals surface area contributed by atoms with Crippen LogP contribution in [0.15, 0.2) is 18.2 Å². The Kier molecular flexibility index (Phi) is 5.37. The molecule has 2 nitrogen and oxygen atoms in total. The van der Waals surface area contributed by atoms with Gasteiger partial charge in [-0.05, 0) is 31.0 Å². The molecule has 0 atom stereocenters. The van der Waals surface area contributed by atoms with Crippen LogP contribution in [-0.4, -0.2) is 12.1 Å². The standard InChI is InChI=1S/C13H19ClFNO/c1-3-13(16,4-2)9-17-8-10-7-11(14)5-6-12(10)15/h5-7H,3-4,8-9,16H2,1-2H3. The number of nitrogens with two attached hydrogens (primary N) is 1. The van der Waals surface area contributed by atoms with Crippen LogP contribution < -0.4 is 5.73 Å². The van der Waals surface area contributed by atoms with E-state index in [1.165, 1.54) is 12.1 Å². The van der Waals surface area contributed by atoms with Gasteiger partial charge in [0.15, 0.2) is 0 Å². The fraction of sp³-hybridized carbons (Fsp3) is 0.538. The second kappa shape index (κ2) is 6.34. The zero-order valence-electron chi connectivity index (χ0n) is 10.3.